The van der Waals surface area contributed by atoms with E-state index in [1.807, 2.05) is 44.2 Å². The molecule has 3 rings (SSSR count). The molecule has 0 amide bonds. The van der Waals surface area contributed by atoms with Crippen molar-refractivity contribution in [2.75, 3.05) is 6.61 Å². The second kappa shape index (κ2) is 4.80. The molecule has 4 heteroatoms. The maximum Gasteiger partial charge on any atom is 0.253 e. The Hall–Kier alpha value is -2.07. The standard InChI is InChI=1S/C16H17NO3/c1-16(2)10-19-15(17-16)13-9-8-12(20-13)14(18)11-6-4-3-5-7-11/h3-9,14,18H,10H2,1-2H3. The average Bonchev–Trinajstić information content (AvgIpc) is 3.05. The summed E-state index contributed by atoms with van der Waals surface area (Å²) in [6, 6.07) is 12.9. The van der Waals surface area contributed by atoms with Crippen LogP contribution in [0.25, 0.3) is 0 Å². The highest BCUT2D eigenvalue weighted by Crippen LogP contribution is 2.26. The molecule has 1 N–H and O–H groups in total. The highest BCUT2D eigenvalue weighted by molar-refractivity contribution is 5.92. The second-order valence-corrected chi connectivity index (χ2v) is 5.53. The Morgan fingerprint density at radius 3 is 2.55 bits per heavy atom. The van der Waals surface area contributed by atoms with Crippen LogP contribution in [0.5, 0.6) is 0 Å². The number of rotatable bonds is 3. The van der Waals surface area contributed by atoms with Gasteiger partial charge in [0.2, 0.25) is 0 Å². The van der Waals surface area contributed by atoms with E-state index in [0.29, 0.717) is 24.0 Å². The minimum atomic E-state index is -0.778. The van der Waals surface area contributed by atoms with Gasteiger partial charge in [0, 0.05) is 0 Å². The molecule has 0 radical (unpaired) electrons. The summed E-state index contributed by atoms with van der Waals surface area (Å²) in [7, 11) is 0. The van der Waals surface area contributed by atoms with Gasteiger partial charge in [-0.2, -0.15) is 0 Å². The summed E-state index contributed by atoms with van der Waals surface area (Å²) in [6.07, 6.45) is -0.778. The van der Waals surface area contributed by atoms with Crippen LogP contribution < -0.4 is 0 Å². The van der Waals surface area contributed by atoms with Crippen molar-refractivity contribution in [2.24, 2.45) is 4.99 Å². The molecule has 2 aromatic rings. The first-order valence-corrected chi connectivity index (χ1v) is 6.61. The molecule has 1 aromatic heterocycles. The van der Waals surface area contributed by atoms with Crippen molar-refractivity contribution in [2.45, 2.75) is 25.5 Å². The van der Waals surface area contributed by atoms with E-state index in [0.717, 1.165) is 5.56 Å². The van der Waals surface area contributed by atoms with E-state index >= 15 is 0 Å². The van der Waals surface area contributed by atoms with Crippen molar-refractivity contribution in [1.29, 1.82) is 0 Å². The summed E-state index contributed by atoms with van der Waals surface area (Å²) >= 11 is 0. The van der Waals surface area contributed by atoms with E-state index in [9.17, 15) is 5.11 Å². The molecule has 1 aromatic carbocycles. The average molecular weight is 271 g/mol. The van der Waals surface area contributed by atoms with Crippen LogP contribution in [0, 0.1) is 0 Å². The lowest BCUT2D eigenvalue weighted by Gasteiger charge is -2.07. The van der Waals surface area contributed by atoms with Gasteiger partial charge in [0.15, 0.2) is 5.76 Å². The van der Waals surface area contributed by atoms with Crippen LogP contribution in [0.4, 0.5) is 0 Å². The molecule has 4 nitrogen and oxygen atoms in total. The van der Waals surface area contributed by atoms with Gasteiger partial charge in [0.25, 0.3) is 5.90 Å². The zero-order valence-corrected chi connectivity index (χ0v) is 11.5. The van der Waals surface area contributed by atoms with Gasteiger partial charge in [0.1, 0.15) is 18.5 Å². The van der Waals surface area contributed by atoms with Crippen LogP contribution in [0.1, 0.15) is 37.0 Å². The Bertz CT molecular complexity index is 628. The number of ether oxygens (including phenoxy) is 1. The zero-order chi connectivity index (χ0) is 14.2. The summed E-state index contributed by atoms with van der Waals surface area (Å²) in [5.74, 6) is 1.55. The molecule has 0 bridgehead atoms. The minimum Gasteiger partial charge on any atom is -0.473 e. The number of aliphatic hydroxyl groups excluding tert-OH is 1. The highest BCUT2D eigenvalue weighted by atomic mass is 16.5. The fraction of sp³-hybridized carbons (Fsp3) is 0.312. The number of hydrogen-bond donors (Lipinski definition) is 1. The Morgan fingerprint density at radius 2 is 1.90 bits per heavy atom. The predicted octanol–water partition coefficient (Wildman–Crippen LogP) is 2.92. The van der Waals surface area contributed by atoms with Crippen LogP contribution >= 0.6 is 0 Å². The van der Waals surface area contributed by atoms with Gasteiger partial charge in [-0.05, 0) is 31.5 Å². The molecule has 0 saturated carbocycles. The predicted molar refractivity (Wildman–Crippen MR) is 75.8 cm³/mol. The molecule has 2 heterocycles. The van der Waals surface area contributed by atoms with Crippen molar-refractivity contribution in [3.63, 3.8) is 0 Å². The van der Waals surface area contributed by atoms with Crippen molar-refractivity contribution in [3.8, 4) is 0 Å². The van der Waals surface area contributed by atoms with E-state index in [-0.39, 0.29) is 5.54 Å². The summed E-state index contributed by atoms with van der Waals surface area (Å²) in [5, 5.41) is 10.3. The van der Waals surface area contributed by atoms with Crippen molar-refractivity contribution in [1.82, 2.24) is 0 Å². The molecule has 20 heavy (non-hydrogen) atoms. The van der Waals surface area contributed by atoms with Crippen molar-refractivity contribution >= 4 is 5.90 Å². The smallest absolute Gasteiger partial charge is 0.253 e. The maximum atomic E-state index is 10.3. The van der Waals surface area contributed by atoms with Gasteiger partial charge in [0.05, 0.1) is 5.54 Å². The fourth-order valence-electron chi connectivity index (χ4n) is 2.12. The van der Waals surface area contributed by atoms with Gasteiger partial charge in [-0.25, -0.2) is 4.99 Å². The monoisotopic (exact) mass is 271 g/mol. The molecule has 1 aliphatic rings. The molecule has 1 atom stereocenters. The largest absolute Gasteiger partial charge is 0.473 e. The molecule has 1 aliphatic heterocycles. The van der Waals surface area contributed by atoms with Gasteiger partial charge < -0.3 is 14.3 Å². The maximum absolute atomic E-state index is 10.3. The summed E-state index contributed by atoms with van der Waals surface area (Å²) in [5.41, 5.74) is 0.573. The molecular weight excluding hydrogens is 254 g/mol. The summed E-state index contributed by atoms with van der Waals surface area (Å²) in [6.45, 7) is 4.55. The summed E-state index contributed by atoms with van der Waals surface area (Å²) in [4.78, 5) is 4.46. The first-order chi connectivity index (χ1) is 9.55. The zero-order valence-electron chi connectivity index (χ0n) is 11.5. The number of aliphatic imine (C=N–C) groups is 1. The first kappa shape index (κ1) is 12.9. The third-order valence-electron chi connectivity index (χ3n) is 3.19. The lowest BCUT2D eigenvalue weighted by molar-refractivity contribution is 0.187. The van der Waals surface area contributed by atoms with Crippen LogP contribution in [0.15, 0.2) is 51.9 Å². The molecule has 0 aliphatic carbocycles. The minimum absolute atomic E-state index is 0.222. The van der Waals surface area contributed by atoms with Crippen LogP contribution in [0.2, 0.25) is 0 Å². The van der Waals surface area contributed by atoms with Crippen LogP contribution in [0.3, 0.4) is 0 Å². The lowest BCUT2D eigenvalue weighted by atomic mass is 10.1. The highest BCUT2D eigenvalue weighted by Gasteiger charge is 2.29. The fourth-order valence-corrected chi connectivity index (χ4v) is 2.12. The van der Waals surface area contributed by atoms with E-state index in [1.54, 1.807) is 12.1 Å². The van der Waals surface area contributed by atoms with E-state index in [2.05, 4.69) is 4.99 Å². The van der Waals surface area contributed by atoms with Gasteiger partial charge in [-0.3, -0.25) is 0 Å². The second-order valence-electron chi connectivity index (χ2n) is 5.53. The Labute approximate surface area is 117 Å². The van der Waals surface area contributed by atoms with Crippen LogP contribution in [-0.4, -0.2) is 23.2 Å². The van der Waals surface area contributed by atoms with Gasteiger partial charge >= 0.3 is 0 Å². The number of furan rings is 1. The molecule has 0 fully saturated rings. The third kappa shape index (κ3) is 2.47. The van der Waals surface area contributed by atoms with E-state index in [1.165, 1.54) is 0 Å². The molecule has 1 unspecified atom stereocenters. The van der Waals surface area contributed by atoms with Crippen molar-refractivity contribution in [3.05, 3.63) is 59.5 Å². The normalized spacial score (nSPS) is 18.4. The van der Waals surface area contributed by atoms with Gasteiger partial charge in [-0.15, -0.1) is 0 Å². The molecular formula is C16H17NO3. The molecule has 0 spiro atoms. The van der Waals surface area contributed by atoms with Crippen LogP contribution in [-0.2, 0) is 4.74 Å². The Kier molecular flexibility index (Phi) is 3.10. The first-order valence-electron chi connectivity index (χ1n) is 6.61. The molecule has 104 valence electrons. The quantitative estimate of drug-likeness (QED) is 0.933. The number of hydrogen-bond acceptors (Lipinski definition) is 4. The summed E-state index contributed by atoms with van der Waals surface area (Å²) < 4.78 is 11.2. The number of aliphatic hydroxyl groups is 1. The van der Waals surface area contributed by atoms with Gasteiger partial charge in [-0.1, -0.05) is 30.3 Å². The van der Waals surface area contributed by atoms with E-state index < -0.39 is 6.10 Å². The number of benzene rings is 1. The Morgan fingerprint density at radius 1 is 1.15 bits per heavy atom. The third-order valence-corrected chi connectivity index (χ3v) is 3.19. The number of nitrogens with zero attached hydrogens (tertiary/aromatic N) is 1. The molecule has 0 saturated heterocycles. The van der Waals surface area contributed by atoms with E-state index in [4.69, 9.17) is 9.15 Å². The Balaban J connectivity index is 1.85. The SMILES string of the molecule is CC1(C)COC(c2ccc(C(O)c3ccccc3)o2)=N1. The lowest BCUT2D eigenvalue weighted by Crippen LogP contribution is -2.17. The van der Waals surface area contributed by atoms with Crippen molar-refractivity contribution < 1.29 is 14.3 Å². The topological polar surface area (TPSA) is 55.0 Å².